The summed E-state index contributed by atoms with van der Waals surface area (Å²) in [7, 11) is 1.58. The second kappa shape index (κ2) is 8.49. The molecular weight excluding hydrogens is 411 g/mol. The topological polar surface area (TPSA) is 58.8 Å². The summed E-state index contributed by atoms with van der Waals surface area (Å²) in [5, 5.41) is 0.875. The molecule has 0 atom stereocenters. The second-order valence-corrected chi connectivity index (χ2v) is 7.42. The summed E-state index contributed by atoms with van der Waals surface area (Å²) in [6, 6.07) is 7.90. The van der Waals surface area contributed by atoms with Crippen LogP contribution in [0, 0.1) is 0 Å². The van der Waals surface area contributed by atoms with Crippen LogP contribution in [0.3, 0.4) is 0 Å². The first-order valence-corrected chi connectivity index (χ1v) is 9.95. The number of ether oxygens (including phenoxy) is 1. The van der Waals surface area contributed by atoms with Crippen LogP contribution in [0.4, 0.5) is 19.0 Å². The SMILES string of the molecule is COc1ccc2c(CC(=O)N3CCCN(c4ccc(C(F)(F)F)cn4)CC3)coc2c1. The number of pyridine rings is 1. The Labute approximate surface area is 177 Å². The average molecular weight is 433 g/mol. The molecule has 1 aliphatic heterocycles. The van der Waals surface area contributed by atoms with E-state index in [1.807, 2.05) is 17.0 Å². The summed E-state index contributed by atoms with van der Waals surface area (Å²) >= 11 is 0. The number of aromatic nitrogens is 1. The van der Waals surface area contributed by atoms with Crippen LogP contribution >= 0.6 is 0 Å². The predicted molar refractivity (Wildman–Crippen MR) is 109 cm³/mol. The Hall–Kier alpha value is -3.23. The van der Waals surface area contributed by atoms with E-state index in [0.29, 0.717) is 49.8 Å². The van der Waals surface area contributed by atoms with Crippen LogP contribution in [0.15, 0.2) is 47.2 Å². The number of fused-ring (bicyclic) bond motifs is 1. The van der Waals surface area contributed by atoms with Crippen LogP contribution in [0.2, 0.25) is 0 Å². The first kappa shape index (κ1) is 21.0. The smallest absolute Gasteiger partial charge is 0.417 e. The molecule has 164 valence electrons. The van der Waals surface area contributed by atoms with Crippen molar-refractivity contribution in [3.63, 3.8) is 0 Å². The number of anilines is 1. The summed E-state index contributed by atoms with van der Waals surface area (Å²) in [5.41, 5.74) is 0.707. The molecule has 6 nitrogen and oxygen atoms in total. The van der Waals surface area contributed by atoms with E-state index in [4.69, 9.17) is 9.15 Å². The molecule has 1 aliphatic rings. The van der Waals surface area contributed by atoms with Crippen molar-refractivity contribution >= 4 is 22.7 Å². The van der Waals surface area contributed by atoms with Gasteiger partial charge in [-0.25, -0.2) is 4.98 Å². The molecule has 2 aromatic heterocycles. The van der Waals surface area contributed by atoms with Crippen molar-refractivity contribution in [2.24, 2.45) is 0 Å². The zero-order valence-electron chi connectivity index (χ0n) is 17.0. The van der Waals surface area contributed by atoms with Crippen molar-refractivity contribution in [2.75, 3.05) is 38.2 Å². The Morgan fingerprint density at radius 1 is 1.16 bits per heavy atom. The molecule has 0 bridgehead atoms. The number of carbonyl (C=O) groups excluding carboxylic acids is 1. The van der Waals surface area contributed by atoms with Gasteiger partial charge >= 0.3 is 6.18 Å². The summed E-state index contributed by atoms with van der Waals surface area (Å²) in [5.74, 6) is 1.15. The monoisotopic (exact) mass is 433 g/mol. The minimum Gasteiger partial charge on any atom is -0.497 e. The molecule has 9 heteroatoms. The number of alkyl halides is 3. The minimum absolute atomic E-state index is 0.0132. The quantitative estimate of drug-likeness (QED) is 0.619. The number of carbonyl (C=O) groups is 1. The molecule has 0 aliphatic carbocycles. The number of rotatable bonds is 4. The fraction of sp³-hybridized carbons (Fsp3) is 0.364. The number of nitrogens with zero attached hydrogens (tertiary/aromatic N) is 3. The Morgan fingerprint density at radius 2 is 2.00 bits per heavy atom. The third kappa shape index (κ3) is 4.60. The number of hydrogen-bond acceptors (Lipinski definition) is 5. The molecule has 0 saturated carbocycles. The maximum Gasteiger partial charge on any atom is 0.417 e. The van der Waals surface area contributed by atoms with E-state index in [9.17, 15) is 18.0 Å². The Kier molecular flexibility index (Phi) is 5.75. The van der Waals surface area contributed by atoms with E-state index in [1.54, 1.807) is 24.3 Å². The van der Waals surface area contributed by atoms with Gasteiger partial charge in [-0.2, -0.15) is 13.2 Å². The highest BCUT2D eigenvalue weighted by atomic mass is 19.4. The van der Waals surface area contributed by atoms with Crippen molar-refractivity contribution in [1.29, 1.82) is 0 Å². The van der Waals surface area contributed by atoms with Gasteiger partial charge < -0.3 is 19.0 Å². The van der Waals surface area contributed by atoms with E-state index >= 15 is 0 Å². The third-order valence-electron chi connectivity index (χ3n) is 5.45. The van der Waals surface area contributed by atoms with Gasteiger partial charge in [0.05, 0.1) is 25.4 Å². The Morgan fingerprint density at radius 3 is 2.71 bits per heavy atom. The summed E-state index contributed by atoms with van der Waals surface area (Å²) in [6.45, 7) is 2.19. The van der Waals surface area contributed by atoms with Gasteiger partial charge in [-0.1, -0.05) is 0 Å². The number of furan rings is 1. The van der Waals surface area contributed by atoms with Crippen molar-refractivity contribution in [3.8, 4) is 5.75 Å². The van der Waals surface area contributed by atoms with Crippen LogP contribution in [-0.4, -0.2) is 49.1 Å². The van der Waals surface area contributed by atoms with Gasteiger partial charge in [-0.05, 0) is 30.7 Å². The van der Waals surface area contributed by atoms with Crippen LogP contribution < -0.4 is 9.64 Å². The lowest BCUT2D eigenvalue weighted by Crippen LogP contribution is -2.36. The first-order valence-electron chi connectivity index (χ1n) is 9.95. The number of amides is 1. The van der Waals surface area contributed by atoms with E-state index in [1.165, 1.54) is 6.07 Å². The maximum atomic E-state index is 12.9. The molecule has 1 saturated heterocycles. The molecule has 3 heterocycles. The predicted octanol–water partition coefficient (Wildman–Crippen LogP) is 4.14. The standard InChI is InChI=1S/C22H22F3N3O3/c1-30-17-4-5-18-15(14-31-19(18)12-17)11-21(29)28-8-2-7-27(9-10-28)20-6-3-16(13-26-20)22(23,24)25/h3-6,12-14H,2,7-11H2,1H3. The number of methoxy groups -OCH3 is 1. The number of hydrogen-bond donors (Lipinski definition) is 0. The van der Waals surface area contributed by atoms with Gasteiger partial charge in [0.15, 0.2) is 0 Å². The Bertz CT molecular complexity index is 1060. The molecule has 0 unspecified atom stereocenters. The largest absolute Gasteiger partial charge is 0.497 e. The molecule has 0 radical (unpaired) electrons. The van der Waals surface area contributed by atoms with Crippen molar-refractivity contribution in [3.05, 3.63) is 53.9 Å². The molecule has 4 rings (SSSR count). The molecule has 31 heavy (non-hydrogen) atoms. The summed E-state index contributed by atoms with van der Waals surface area (Å²) in [4.78, 5) is 20.5. The molecular formula is C22H22F3N3O3. The van der Waals surface area contributed by atoms with Crippen molar-refractivity contribution in [1.82, 2.24) is 9.88 Å². The van der Waals surface area contributed by atoms with Gasteiger partial charge in [0.25, 0.3) is 0 Å². The number of benzene rings is 1. The van der Waals surface area contributed by atoms with Gasteiger partial charge in [-0.15, -0.1) is 0 Å². The highest BCUT2D eigenvalue weighted by Gasteiger charge is 2.31. The van der Waals surface area contributed by atoms with E-state index in [2.05, 4.69) is 4.98 Å². The summed E-state index contributed by atoms with van der Waals surface area (Å²) < 4.78 is 49.0. The molecule has 0 N–H and O–H groups in total. The zero-order chi connectivity index (χ0) is 22.0. The van der Waals surface area contributed by atoms with Crippen LogP contribution in [0.25, 0.3) is 11.0 Å². The van der Waals surface area contributed by atoms with Gasteiger partial charge in [0.2, 0.25) is 5.91 Å². The van der Waals surface area contributed by atoms with Crippen molar-refractivity contribution in [2.45, 2.75) is 19.0 Å². The molecule has 1 aromatic carbocycles. The lowest BCUT2D eigenvalue weighted by molar-refractivity contribution is -0.137. The molecule has 1 fully saturated rings. The van der Waals surface area contributed by atoms with Crippen molar-refractivity contribution < 1.29 is 27.1 Å². The molecule has 1 amide bonds. The summed E-state index contributed by atoms with van der Waals surface area (Å²) in [6.07, 6.45) is -1.04. The fourth-order valence-electron chi connectivity index (χ4n) is 3.74. The minimum atomic E-state index is -4.41. The second-order valence-electron chi connectivity index (χ2n) is 7.42. The Balaban J connectivity index is 1.40. The van der Waals surface area contributed by atoms with E-state index < -0.39 is 11.7 Å². The lowest BCUT2D eigenvalue weighted by Gasteiger charge is -2.23. The third-order valence-corrected chi connectivity index (χ3v) is 5.45. The fourth-order valence-corrected chi connectivity index (χ4v) is 3.74. The zero-order valence-corrected chi connectivity index (χ0v) is 17.0. The lowest BCUT2D eigenvalue weighted by atomic mass is 10.1. The molecule has 3 aromatic rings. The van der Waals surface area contributed by atoms with Crippen LogP contribution in [-0.2, 0) is 17.4 Å². The maximum absolute atomic E-state index is 12.9. The van der Waals surface area contributed by atoms with E-state index in [-0.39, 0.29) is 12.3 Å². The normalized spacial score (nSPS) is 15.2. The highest BCUT2D eigenvalue weighted by Crippen LogP contribution is 2.30. The number of halogens is 3. The first-order chi connectivity index (χ1) is 14.8. The molecule has 0 spiro atoms. The van der Waals surface area contributed by atoms with Gasteiger partial charge in [0, 0.05) is 49.4 Å². The van der Waals surface area contributed by atoms with Gasteiger partial charge in [0.1, 0.15) is 17.2 Å². The van der Waals surface area contributed by atoms with Crippen LogP contribution in [0.1, 0.15) is 17.5 Å². The van der Waals surface area contributed by atoms with E-state index in [0.717, 1.165) is 23.2 Å². The van der Waals surface area contributed by atoms with Gasteiger partial charge in [-0.3, -0.25) is 4.79 Å². The van der Waals surface area contributed by atoms with Crippen LogP contribution in [0.5, 0.6) is 5.75 Å². The highest BCUT2D eigenvalue weighted by molar-refractivity contribution is 5.88. The average Bonchev–Trinajstić information content (AvgIpc) is 2.98.